The molecule has 0 aliphatic carbocycles. The maximum atomic E-state index is 10.8. The molecule has 0 unspecified atom stereocenters. The number of hydrogen-bond donors (Lipinski definition) is 2. The predicted octanol–water partition coefficient (Wildman–Crippen LogP) is 0.852. The molecule has 0 bridgehead atoms. The molecule has 0 saturated carbocycles. The van der Waals surface area contributed by atoms with E-state index in [2.05, 4.69) is 15.4 Å². The van der Waals surface area contributed by atoms with Gasteiger partial charge in [-0.15, -0.1) is 5.10 Å². The molecule has 8 heteroatoms. The molecule has 0 amide bonds. The third kappa shape index (κ3) is 3.11. The molecule has 3 N–H and O–H groups in total. The average Bonchev–Trinajstić information content (AvgIpc) is 3.09. The van der Waals surface area contributed by atoms with E-state index in [1.807, 2.05) is 6.20 Å². The lowest BCUT2D eigenvalue weighted by molar-refractivity contribution is 0.0697. The Bertz CT molecular complexity index is 790. The highest BCUT2D eigenvalue weighted by Crippen LogP contribution is 2.07. The van der Waals surface area contributed by atoms with E-state index in [9.17, 15) is 4.79 Å². The molecule has 0 spiro atoms. The number of carboxylic acid groups (broad SMARTS) is 1. The number of rotatable bonds is 5. The number of aromatic carboxylic acids is 1. The zero-order valence-corrected chi connectivity index (χ0v) is 11.6. The smallest absolute Gasteiger partial charge is 0.335 e. The van der Waals surface area contributed by atoms with Crippen LogP contribution in [0.4, 0.5) is 5.69 Å². The van der Waals surface area contributed by atoms with E-state index in [0.29, 0.717) is 18.8 Å². The molecule has 2 aromatic heterocycles. The summed E-state index contributed by atoms with van der Waals surface area (Å²) < 4.78 is 3.38. The summed E-state index contributed by atoms with van der Waals surface area (Å²) >= 11 is 0. The van der Waals surface area contributed by atoms with Gasteiger partial charge in [-0.3, -0.25) is 4.68 Å². The van der Waals surface area contributed by atoms with E-state index in [1.54, 1.807) is 46.0 Å². The number of carboxylic acids is 1. The maximum Gasteiger partial charge on any atom is 0.335 e. The summed E-state index contributed by atoms with van der Waals surface area (Å²) in [7, 11) is 0. The number of nitrogens with zero attached hydrogens (tertiary/aromatic N) is 5. The van der Waals surface area contributed by atoms with Crippen molar-refractivity contribution in [3.63, 3.8) is 0 Å². The summed E-state index contributed by atoms with van der Waals surface area (Å²) in [5, 5.41) is 21.1. The largest absolute Gasteiger partial charge is 0.478 e. The van der Waals surface area contributed by atoms with Crippen LogP contribution in [-0.4, -0.2) is 35.9 Å². The first kappa shape index (κ1) is 13.8. The molecular weight excluding hydrogens is 284 g/mol. The van der Waals surface area contributed by atoms with E-state index < -0.39 is 5.97 Å². The maximum absolute atomic E-state index is 10.8. The van der Waals surface area contributed by atoms with Crippen molar-refractivity contribution < 1.29 is 9.90 Å². The monoisotopic (exact) mass is 298 g/mol. The molecule has 0 atom stereocenters. The SMILES string of the molecule is Nc1cnn(Cc2cn(Cc3ccc(C(=O)O)cc3)nn2)c1. The van der Waals surface area contributed by atoms with Gasteiger partial charge in [-0.2, -0.15) is 5.10 Å². The molecule has 22 heavy (non-hydrogen) atoms. The fourth-order valence-corrected chi connectivity index (χ4v) is 2.06. The summed E-state index contributed by atoms with van der Waals surface area (Å²) in [5.74, 6) is -0.937. The molecule has 0 aliphatic heterocycles. The highest BCUT2D eigenvalue weighted by molar-refractivity contribution is 5.87. The van der Waals surface area contributed by atoms with Crippen LogP contribution < -0.4 is 5.73 Å². The van der Waals surface area contributed by atoms with Gasteiger partial charge in [0.2, 0.25) is 0 Å². The third-order valence-electron chi connectivity index (χ3n) is 3.11. The van der Waals surface area contributed by atoms with Gasteiger partial charge < -0.3 is 10.8 Å². The normalized spacial score (nSPS) is 10.7. The number of benzene rings is 1. The van der Waals surface area contributed by atoms with E-state index in [1.165, 1.54) is 0 Å². The Hall–Kier alpha value is -3.16. The molecule has 0 saturated heterocycles. The first-order valence-corrected chi connectivity index (χ1v) is 6.59. The van der Waals surface area contributed by atoms with Crippen LogP contribution >= 0.6 is 0 Å². The molecule has 112 valence electrons. The lowest BCUT2D eigenvalue weighted by Crippen LogP contribution is -2.02. The van der Waals surface area contributed by atoms with Crippen molar-refractivity contribution >= 4 is 11.7 Å². The number of anilines is 1. The van der Waals surface area contributed by atoms with Crippen molar-refractivity contribution in [2.45, 2.75) is 13.1 Å². The molecule has 3 aromatic rings. The van der Waals surface area contributed by atoms with Crippen LogP contribution in [0, 0.1) is 0 Å². The van der Waals surface area contributed by atoms with E-state index in [4.69, 9.17) is 10.8 Å². The number of carbonyl (C=O) groups is 1. The first-order chi connectivity index (χ1) is 10.6. The Morgan fingerprint density at radius 2 is 1.91 bits per heavy atom. The second kappa shape index (κ2) is 5.68. The summed E-state index contributed by atoms with van der Waals surface area (Å²) in [6, 6.07) is 6.67. The van der Waals surface area contributed by atoms with E-state index in [0.717, 1.165) is 11.3 Å². The van der Waals surface area contributed by atoms with Gasteiger partial charge >= 0.3 is 5.97 Å². The molecule has 0 aliphatic rings. The third-order valence-corrected chi connectivity index (χ3v) is 3.11. The van der Waals surface area contributed by atoms with Crippen LogP contribution in [-0.2, 0) is 13.1 Å². The Balaban J connectivity index is 1.67. The Morgan fingerprint density at radius 1 is 1.14 bits per heavy atom. The zero-order valence-electron chi connectivity index (χ0n) is 11.6. The van der Waals surface area contributed by atoms with Gasteiger partial charge in [-0.1, -0.05) is 17.3 Å². The Morgan fingerprint density at radius 3 is 2.55 bits per heavy atom. The van der Waals surface area contributed by atoms with Crippen molar-refractivity contribution in [3.05, 3.63) is 59.7 Å². The number of aromatic nitrogens is 5. The molecule has 8 nitrogen and oxygen atoms in total. The van der Waals surface area contributed by atoms with Gasteiger partial charge in [0.15, 0.2) is 0 Å². The first-order valence-electron chi connectivity index (χ1n) is 6.59. The molecular formula is C14H14N6O2. The van der Waals surface area contributed by atoms with Gasteiger partial charge in [-0.25, -0.2) is 9.48 Å². The number of nitrogen functional groups attached to an aromatic ring is 1. The van der Waals surface area contributed by atoms with Crippen LogP contribution in [0.3, 0.4) is 0 Å². The lowest BCUT2D eigenvalue weighted by Gasteiger charge is -2.01. The topological polar surface area (TPSA) is 112 Å². The summed E-state index contributed by atoms with van der Waals surface area (Å²) in [6.45, 7) is 1.02. The van der Waals surface area contributed by atoms with Crippen molar-refractivity contribution in [1.82, 2.24) is 24.8 Å². The second-order valence-corrected chi connectivity index (χ2v) is 4.88. The summed E-state index contributed by atoms with van der Waals surface area (Å²) in [6.07, 6.45) is 5.13. The quantitative estimate of drug-likeness (QED) is 0.722. The Kier molecular flexibility index (Phi) is 3.57. The summed E-state index contributed by atoms with van der Waals surface area (Å²) in [5.41, 5.74) is 8.19. The van der Waals surface area contributed by atoms with E-state index >= 15 is 0 Å². The minimum Gasteiger partial charge on any atom is -0.478 e. The van der Waals surface area contributed by atoms with E-state index in [-0.39, 0.29) is 5.56 Å². The van der Waals surface area contributed by atoms with Crippen LogP contribution in [0.2, 0.25) is 0 Å². The van der Waals surface area contributed by atoms with Crippen molar-refractivity contribution in [1.29, 1.82) is 0 Å². The molecule has 0 radical (unpaired) electrons. The molecule has 3 rings (SSSR count). The second-order valence-electron chi connectivity index (χ2n) is 4.88. The van der Waals surface area contributed by atoms with Gasteiger partial charge in [0, 0.05) is 6.20 Å². The van der Waals surface area contributed by atoms with Crippen molar-refractivity contribution in [3.8, 4) is 0 Å². The van der Waals surface area contributed by atoms with Crippen LogP contribution in [0.25, 0.3) is 0 Å². The highest BCUT2D eigenvalue weighted by atomic mass is 16.4. The molecule has 2 heterocycles. The zero-order chi connectivity index (χ0) is 15.5. The lowest BCUT2D eigenvalue weighted by atomic mass is 10.1. The van der Waals surface area contributed by atoms with Gasteiger partial charge in [-0.05, 0) is 17.7 Å². The fourth-order valence-electron chi connectivity index (χ4n) is 2.06. The standard InChI is InChI=1S/C14H14N6O2/c15-12-5-16-19(7-12)8-13-9-20(18-17-13)6-10-1-3-11(4-2-10)14(21)22/h1-5,7,9H,6,8,15H2,(H,21,22). The highest BCUT2D eigenvalue weighted by Gasteiger charge is 2.05. The number of nitrogens with two attached hydrogens (primary N) is 1. The van der Waals surface area contributed by atoms with Gasteiger partial charge in [0.1, 0.15) is 5.69 Å². The molecule has 0 fully saturated rings. The van der Waals surface area contributed by atoms with Crippen LogP contribution in [0.15, 0.2) is 42.9 Å². The van der Waals surface area contributed by atoms with Crippen LogP contribution in [0.1, 0.15) is 21.6 Å². The van der Waals surface area contributed by atoms with Crippen molar-refractivity contribution in [2.24, 2.45) is 0 Å². The van der Waals surface area contributed by atoms with Crippen LogP contribution in [0.5, 0.6) is 0 Å². The van der Waals surface area contributed by atoms with Gasteiger partial charge in [0.05, 0.1) is 36.7 Å². The molecule has 1 aromatic carbocycles. The van der Waals surface area contributed by atoms with Gasteiger partial charge in [0.25, 0.3) is 0 Å². The fraction of sp³-hybridized carbons (Fsp3) is 0.143. The minimum atomic E-state index is -0.937. The number of hydrogen-bond acceptors (Lipinski definition) is 5. The van der Waals surface area contributed by atoms with Crippen molar-refractivity contribution in [2.75, 3.05) is 5.73 Å². The minimum absolute atomic E-state index is 0.263. The predicted molar refractivity (Wildman–Crippen MR) is 78.3 cm³/mol. The average molecular weight is 298 g/mol. The Labute approximate surface area is 125 Å². The summed E-state index contributed by atoms with van der Waals surface area (Å²) in [4.78, 5) is 10.8.